The van der Waals surface area contributed by atoms with Gasteiger partial charge in [-0.15, -0.1) is 0 Å². The van der Waals surface area contributed by atoms with Crippen LogP contribution in [0.5, 0.6) is 0 Å². The number of fused-ring (bicyclic) bond motifs is 1. The molecule has 1 N–H and O–H groups in total. The lowest BCUT2D eigenvalue weighted by molar-refractivity contribution is 0.661. The van der Waals surface area contributed by atoms with Crippen molar-refractivity contribution in [3.63, 3.8) is 0 Å². The molecule has 0 spiro atoms. The van der Waals surface area contributed by atoms with E-state index in [2.05, 4.69) is 19.9 Å². The summed E-state index contributed by atoms with van der Waals surface area (Å²) in [4.78, 5) is 32.9. The van der Waals surface area contributed by atoms with Crippen molar-refractivity contribution < 1.29 is 0 Å². The molecule has 0 aliphatic carbocycles. The van der Waals surface area contributed by atoms with Crippen molar-refractivity contribution in [1.29, 1.82) is 0 Å². The average molecular weight is 336 g/mol. The highest BCUT2D eigenvalue weighted by Gasteiger charge is 2.29. The predicted octanol–water partition coefficient (Wildman–Crippen LogP) is 2.12. The summed E-state index contributed by atoms with van der Waals surface area (Å²) in [5.74, 6) is 2.42. The van der Waals surface area contributed by atoms with Gasteiger partial charge in [0.1, 0.15) is 23.8 Å². The molecule has 7 heteroatoms. The molecule has 1 atom stereocenters. The van der Waals surface area contributed by atoms with Gasteiger partial charge >= 0.3 is 0 Å². The highest BCUT2D eigenvalue weighted by atomic mass is 16.1. The van der Waals surface area contributed by atoms with Crippen molar-refractivity contribution in [1.82, 2.24) is 19.9 Å². The second kappa shape index (κ2) is 6.16. The normalized spacial score (nSPS) is 17.2. The predicted molar refractivity (Wildman–Crippen MR) is 98.0 cm³/mol. The molecule has 25 heavy (non-hydrogen) atoms. The van der Waals surface area contributed by atoms with Gasteiger partial charge in [0.2, 0.25) is 0 Å². The minimum Gasteiger partial charge on any atom is -0.363 e. The molecule has 1 aromatic carbocycles. The summed E-state index contributed by atoms with van der Waals surface area (Å²) in [6, 6.07) is 9.41. The Labute approximate surface area is 145 Å². The van der Waals surface area contributed by atoms with Gasteiger partial charge in [0.25, 0.3) is 5.56 Å². The summed E-state index contributed by atoms with van der Waals surface area (Å²) in [7, 11) is 3.91. The number of para-hydroxylation sites is 1. The maximum Gasteiger partial charge on any atom is 0.258 e. The Morgan fingerprint density at radius 2 is 2.08 bits per heavy atom. The molecule has 4 rings (SSSR count). The van der Waals surface area contributed by atoms with Crippen molar-refractivity contribution >= 4 is 22.5 Å². The van der Waals surface area contributed by atoms with E-state index in [0.717, 1.165) is 36.5 Å². The van der Waals surface area contributed by atoms with E-state index >= 15 is 0 Å². The fourth-order valence-electron chi connectivity index (χ4n) is 3.33. The number of nitrogens with one attached hydrogen (secondary N) is 1. The number of benzene rings is 1. The summed E-state index contributed by atoms with van der Waals surface area (Å²) in [5.41, 5.74) is 0.633. The molecule has 7 nitrogen and oxygen atoms in total. The van der Waals surface area contributed by atoms with Crippen molar-refractivity contribution in [2.75, 3.05) is 30.4 Å². The Morgan fingerprint density at radius 1 is 1.24 bits per heavy atom. The number of H-pyrrole nitrogens is 1. The molecule has 0 radical (unpaired) electrons. The van der Waals surface area contributed by atoms with Crippen LogP contribution >= 0.6 is 0 Å². The SMILES string of the molecule is CN(C)c1cc(N2CCCC2c2nc3ccccc3c(=O)[nH]2)ncn1. The molecule has 0 bridgehead atoms. The van der Waals surface area contributed by atoms with Gasteiger partial charge in [0, 0.05) is 26.7 Å². The molecule has 1 aliphatic rings. The fraction of sp³-hybridized carbons (Fsp3) is 0.333. The Morgan fingerprint density at radius 3 is 2.92 bits per heavy atom. The largest absolute Gasteiger partial charge is 0.363 e. The van der Waals surface area contributed by atoms with E-state index in [1.165, 1.54) is 0 Å². The van der Waals surface area contributed by atoms with E-state index in [1.807, 2.05) is 43.3 Å². The highest BCUT2D eigenvalue weighted by Crippen LogP contribution is 2.34. The molecule has 0 amide bonds. The zero-order valence-corrected chi connectivity index (χ0v) is 14.3. The molecular weight excluding hydrogens is 316 g/mol. The number of aromatic amines is 1. The summed E-state index contributed by atoms with van der Waals surface area (Å²) >= 11 is 0. The van der Waals surface area contributed by atoms with Gasteiger partial charge in [-0.3, -0.25) is 4.79 Å². The Hall–Kier alpha value is -2.96. The van der Waals surface area contributed by atoms with Crippen molar-refractivity contribution in [3.8, 4) is 0 Å². The number of rotatable bonds is 3. The van der Waals surface area contributed by atoms with Crippen LogP contribution in [0.25, 0.3) is 10.9 Å². The van der Waals surface area contributed by atoms with Gasteiger partial charge in [0.15, 0.2) is 0 Å². The van der Waals surface area contributed by atoms with Crippen LogP contribution < -0.4 is 15.4 Å². The van der Waals surface area contributed by atoms with Crippen molar-refractivity contribution in [2.24, 2.45) is 0 Å². The second-order valence-corrected chi connectivity index (χ2v) is 6.45. The fourth-order valence-corrected chi connectivity index (χ4v) is 3.33. The van der Waals surface area contributed by atoms with E-state index in [1.54, 1.807) is 12.4 Å². The summed E-state index contributed by atoms with van der Waals surface area (Å²) < 4.78 is 0. The topological polar surface area (TPSA) is 78.0 Å². The zero-order valence-electron chi connectivity index (χ0n) is 14.3. The highest BCUT2D eigenvalue weighted by molar-refractivity contribution is 5.77. The summed E-state index contributed by atoms with van der Waals surface area (Å²) in [6.45, 7) is 0.880. The van der Waals surface area contributed by atoms with E-state index in [-0.39, 0.29) is 11.6 Å². The molecule has 2 aromatic heterocycles. The van der Waals surface area contributed by atoms with Crippen molar-refractivity contribution in [2.45, 2.75) is 18.9 Å². The lowest BCUT2D eigenvalue weighted by atomic mass is 10.2. The van der Waals surface area contributed by atoms with Crippen LogP contribution in [0.1, 0.15) is 24.7 Å². The Kier molecular flexibility index (Phi) is 3.83. The average Bonchev–Trinajstić information content (AvgIpc) is 3.11. The number of hydrogen-bond donors (Lipinski definition) is 1. The van der Waals surface area contributed by atoms with E-state index < -0.39 is 0 Å². The maximum absolute atomic E-state index is 12.4. The minimum atomic E-state index is -0.0934. The molecule has 1 saturated heterocycles. The first kappa shape index (κ1) is 15.6. The van der Waals surface area contributed by atoms with Crippen LogP contribution in [-0.4, -0.2) is 40.6 Å². The van der Waals surface area contributed by atoms with Crippen LogP contribution in [-0.2, 0) is 0 Å². The smallest absolute Gasteiger partial charge is 0.258 e. The third kappa shape index (κ3) is 2.82. The van der Waals surface area contributed by atoms with E-state index in [4.69, 9.17) is 4.98 Å². The number of anilines is 2. The van der Waals surface area contributed by atoms with Gasteiger partial charge < -0.3 is 14.8 Å². The molecule has 0 saturated carbocycles. The standard InChI is InChI=1S/C18H20N6O/c1-23(2)15-10-16(20-11-19-15)24-9-5-8-14(24)17-21-13-7-4-3-6-12(13)18(25)22-17/h3-4,6-7,10-11,14H,5,8-9H2,1-2H3,(H,21,22,25). The van der Waals surface area contributed by atoms with Gasteiger partial charge in [0.05, 0.1) is 16.9 Å². The minimum absolute atomic E-state index is 0.0159. The van der Waals surface area contributed by atoms with E-state index in [9.17, 15) is 4.79 Å². The second-order valence-electron chi connectivity index (χ2n) is 6.45. The third-order valence-electron chi connectivity index (χ3n) is 4.59. The summed E-state index contributed by atoms with van der Waals surface area (Å²) in [6.07, 6.45) is 3.54. The van der Waals surface area contributed by atoms with Gasteiger partial charge in [-0.25, -0.2) is 15.0 Å². The molecule has 3 heterocycles. The molecule has 128 valence electrons. The molecular formula is C18H20N6O. The lowest BCUT2D eigenvalue weighted by Crippen LogP contribution is -2.27. The number of nitrogens with zero attached hydrogens (tertiary/aromatic N) is 5. The van der Waals surface area contributed by atoms with Crippen LogP contribution in [0.3, 0.4) is 0 Å². The van der Waals surface area contributed by atoms with Crippen molar-refractivity contribution in [3.05, 3.63) is 52.8 Å². The van der Waals surface area contributed by atoms with Crippen LogP contribution in [0.15, 0.2) is 41.5 Å². The first-order chi connectivity index (χ1) is 12.1. The quantitative estimate of drug-likeness (QED) is 0.789. The first-order valence-electron chi connectivity index (χ1n) is 8.38. The van der Waals surface area contributed by atoms with Crippen LogP contribution in [0.4, 0.5) is 11.6 Å². The molecule has 3 aromatic rings. The van der Waals surface area contributed by atoms with Crippen LogP contribution in [0.2, 0.25) is 0 Å². The zero-order chi connectivity index (χ0) is 17.4. The molecule has 1 unspecified atom stereocenters. The lowest BCUT2D eigenvalue weighted by Gasteiger charge is -2.25. The monoisotopic (exact) mass is 336 g/mol. The Bertz CT molecular complexity index is 967. The maximum atomic E-state index is 12.4. The van der Waals surface area contributed by atoms with E-state index in [0.29, 0.717) is 11.2 Å². The van der Waals surface area contributed by atoms with Gasteiger partial charge in [-0.1, -0.05) is 12.1 Å². The number of aromatic nitrogens is 4. The number of hydrogen-bond acceptors (Lipinski definition) is 6. The molecule has 1 fully saturated rings. The van der Waals surface area contributed by atoms with Gasteiger partial charge in [-0.05, 0) is 25.0 Å². The first-order valence-corrected chi connectivity index (χ1v) is 8.38. The van der Waals surface area contributed by atoms with Gasteiger partial charge in [-0.2, -0.15) is 0 Å². The Balaban J connectivity index is 1.75. The summed E-state index contributed by atoms with van der Waals surface area (Å²) in [5, 5.41) is 0.618. The molecule has 1 aliphatic heterocycles. The third-order valence-corrected chi connectivity index (χ3v) is 4.59. The van der Waals surface area contributed by atoms with Crippen LogP contribution in [0, 0.1) is 0 Å².